The standard InChI is InChI=1S/C46H44O6P2/c1-27-17-21-31(5)43-37(27)25-38-28(2)18-22-32(6)44(38)50-53(49-43)47-41-15-11-9-13-35(41)36-14-10-12-16-42(36)48-54-51-45-33(7)23-19-29(3)39(45)26-40-30(4)20-24-34(8)46(40)52-54/h9-24H,25-26H2,1-8H3. The van der Waals surface area contributed by atoms with Crippen LogP contribution in [-0.4, -0.2) is 0 Å². The number of benzene rings is 6. The summed E-state index contributed by atoms with van der Waals surface area (Å²) in [6.45, 7) is 16.8. The molecule has 8 heteroatoms. The van der Waals surface area contributed by atoms with E-state index in [1.54, 1.807) is 0 Å². The fourth-order valence-electron chi connectivity index (χ4n) is 7.22. The topological polar surface area (TPSA) is 55.4 Å². The third-order valence-corrected chi connectivity index (χ3v) is 12.6. The predicted molar refractivity (Wildman–Crippen MR) is 219 cm³/mol. The number of fused-ring (bicyclic) bond motifs is 4. The molecule has 0 amide bonds. The van der Waals surface area contributed by atoms with E-state index in [4.69, 9.17) is 27.1 Å². The lowest BCUT2D eigenvalue weighted by Gasteiger charge is -2.28. The van der Waals surface area contributed by atoms with Crippen LogP contribution in [0.4, 0.5) is 0 Å². The molecular formula is C46H44O6P2. The van der Waals surface area contributed by atoms with Crippen LogP contribution in [0.2, 0.25) is 0 Å². The number of rotatable bonds is 5. The van der Waals surface area contributed by atoms with E-state index in [1.165, 1.54) is 22.3 Å². The molecule has 0 saturated heterocycles. The van der Waals surface area contributed by atoms with Crippen LogP contribution in [0.5, 0.6) is 34.5 Å². The van der Waals surface area contributed by atoms with Crippen molar-refractivity contribution in [1.82, 2.24) is 0 Å². The Morgan fingerprint density at radius 2 is 0.611 bits per heavy atom. The molecule has 2 heterocycles. The molecule has 0 N–H and O–H groups in total. The molecule has 54 heavy (non-hydrogen) atoms. The highest BCUT2D eigenvalue weighted by atomic mass is 31.2. The van der Waals surface area contributed by atoms with Crippen molar-refractivity contribution in [3.63, 3.8) is 0 Å². The van der Waals surface area contributed by atoms with Gasteiger partial charge in [0.25, 0.3) is 0 Å². The van der Waals surface area contributed by atoms with Gasteiger partial charge in [0.15, 0.2) is 0 Å². The molecule has 0 fully saturated rings. The van der Waals surface area contributed by atoms with E-state index >= 15 is 0 Å². The van der Waals surface area contributed by atoms with E-state index in [0.29, 0.717) is 11.5 Å². The Morgan fingerprint density at radius 3 is 0.907 bits per heavy atom. The number of hydrogen-bond donors (Lipinski definition) is 0. The molecule has 274 valence electrons. The molecule has 2 aliphatic heterocycles. The third-order valence-electron chi connectivity index (χ3n) is 10.5. The van der Waals surface area contributed by atoms with Crippen molar-refractivity contribution in [3.8, 4) is 45.6 Å². The summed E-state index contributed by atoms with van der Waals surface area (Å²) in [5.74, 6) is 4.47. The zero-order chi connectivity index (χ0) is 37.7. The summed E-state index contributed by atoms with van der Waals surface area (Å²) >= 11 is 0. The largest absolute Gasteiger partial charge is 0.530 e. The molecule has 6 aromatic rings. The Labute approximate surface area is 321 Å². The van der Waals surface area contributed by atoms with E-state index in [-0.39, 0.29) is 0 Å². The minimum Gasteiger partial charge on any atom is -0.408 e. The second kappa shape index (κ2) is 14.7. The van der Waals surface area contributed by atoms with Crippen molar-refractivity contribution in [1.29, 1.82) is 0 Å². The van der Waals surface area contributed by atoms with Gasteiger partial charge in [-0.1, -0.05) is 84.9 Å². The van der Waals surface area contributed by atoms with Gasteiger partial charge in [-0.15, -0.1) is 0 Å². The van der Waals surface area contributed by atoms with E-state index < -0.39 is 17.2 Å². The van der Waals surface area contributed by atoms with Gasteiger partial charge in [0.05, 0.1) is 0 Å². The van der Waals surface area contributed by atoms with Gasteiger partial charge >= 0.3 is 17.2 Å². The van der Waals surface area contributed by atoms with E-state index in [2.05, 4.69) is 104 Å². The van der Waals surface area contributed by atoms with E-state index in [1.807, 2.05) is 48.5 Å². The smallest absolute Gasteiger partial charge is 0.408 e. The van der Waals surface area contributed by atoms with Gasteiger partial charge in [0.2, 0.25) is 0 Å². The fraction of sp³-hybridized carbons (Fsp3) is 0.217. The normalized spacial score (nSPS) is 13.9. The van der Waals surface area contributed by atoms with Gasteiger partial charge in [0.1, 0.15) is 34.5 Å². The Bertz CT molecular complexity index is 2130. The van der Waals surface area contributed by atoms with Crippen molar-refractivity contribution < 1.29 is 27.1 Å². The van der Waals surface area contributed by atoms with Crippen molar-refractivity contribution in [2.75, 3.05) is 0 Å². The van der Waals surface area contributed by atoms with Crippen molar-refractivity contribution >= 4 is 17.2 Å². The summed E-state index contributed by atoms with van der Waals surface area (Å²) in [5.41, 5.74) is 15.1. The molecule has 0 spiro atoms. The first kappa shape index (κ1) is 36.0. The lowest BCUT2D eigenvalue weighted by molar-refractivity contribution is 0.376. The lowest BCUT2D eigenvalue weighted by atomic mass is 9.93. The number of hydrogen-bond acceptors (Lipinski definition) is 6. The first-order valence-corrected chi connectivity index (χ1v) is 20.5. The molecule has 0 atom stereocenters. The van der Waals surface area contributed by atoms with Crippen molar-refractivity contribution in [3.05, 3.63) is 164 Å². The second-order valence-electron chi connectivity index (χ2n) is 14.4. The lowest BCUT2D eigenvalue weighted by Crippen LogP contribution is -2.12. The minimum atomic E-state index is -1.92. The second-order valence-corrected chi connectivity index (χ2v) is 16.4. The molecule has 0 saturated carbocycles. The molecule has 0 bridgehead atoms. The van der Waals surface area contributed by atoms with Gasteiger partial charge in [-0.05, 0) is 112 Å². The molecule has 0 radical (unpaired) electrons. The molecule has 0 aliphatic carbocycles. The van der Waals surface area contributed by atoms with Crippen LogP contribution in [0, 0.1) is 55.4 Å². The summed E-state index contributed by atoms with van der Waals surface area (Å²) < 4.78 is 40.6. The summed E-state index contributed by atoms with van der Waals surface area (Å²) in [6.07, 6.45) is 1.44. The summed E-state index contributed by atoms with van der Waals surface area (Å²) in [4.78, 5) is 0. The van der Waals surface area contributed by atoms with Crippen molar-refractivity contribution in [2.45, 2.75) is 68.2 Å². The first-order chi connectivity index (χ1) is 26.0. The average molecular weight is 755 g/mol. The van der Waals surface area contributed by atoms with Crippen LogP contribution >= 0.6 is 17.2 Å². The molecule has 8 rings (SSSR count). The maximum atomic E-state index is 6.82. The van der Waals surface area contributed by atoms with Crippen LogP contribution in [0.15, 0.2) is 97.1 Å². The molecule has 6 nitrogen and oxygen atoms in total. The Morgan fingerprint density at radius 1 is 0.352 bits per heavy atom. The summed E-state index contributed by atoms with van der Waals surface area (Å²) in [6, 6.07) is 32.9. The summed E-state index contributed by atoms with van der Waals surface area (Å²) in [7, 11) is -3.84. The maximum Gasteiger partial charge on any atom is 0.530 e. The average Bonchev–Trinajstić information content (AvgIpc) is 3.14. The predicted octanol–water partition coefficient (Wildman–Crippen LogP) is 13.2. The molecule has 2 aliphatic rings. The zero-order valence-electron chi connectivity index (χ0n) is 32.0. The van der Waals surface area contributed by atoms with Gasteiger partial charge in [-0.3, -0.25) is 0 Å². The van der Waals surface area contributed by atoms with E-state index in [0.717, 1.165) is 91.5 Å². The fourth-order valence-corrected chi connectivity index (χ4v) is 9.70. The van der Waals surface area contributed by atoms with Gasteiger partial charge < -0.3 is 27.1 Å². The number of para-hydroxylation sites is 2. The monoisotopic (exact) mass is 754 g/mol. The SMILES string of the molecule is Cc1ccc(C)c2c1Cc1c(C)ccc(C)c1OP(Oc1ccccc1-c1ccccc1OP1Oc3c(C)ccc(C)c3Cc3c(C)ccc(C)c3O1)O2. The van der Waals surface area contributed by atoms with Gasteiger partial charge in [0, 0.05) is 46.2 Å². The molecule has 0 unspecified atom stereocenters. The number of aryl methyl sites for hydroxylation is 8. The van der Waals surface area contributed by atoms with Crippen LogP contribution in [0.25, 0.3) is 11.1 Å². The van der Waals surface area contributed by atoms with Crippen molar-refractivity contribution in [2.24, 2.45) is 0 Å². The quantitative estimate of drug-likeness (QED) is 0.163. The van der Waals surface area contributed by atoms with Crippen LogP contribution in [0.1, 0.15) is 66.8 Å². The molecular weight excluding hydrogens is 710 g/mol. The van der Waals surface area contributed by atoms with Gasteiger partial charge in [-0.25, -0.2) is 0 Å². The highest BCUT2D eigenvalue weighted by Crippen LogP contribution is 2.54. The summed E-state index contributed by atoms with van der Waals surface area (Å²) in [5, 5.41) is 0. The first-order valence-electron chi connectivity index (χ1n) is 18.3. The van der Waals surface area contributed by atoms with Crippen LogP contribution in [0.3, 0.4) is 0 Å². The Kier molecular flexibility index (Phi) is 9.77. The highest BCUT2D eigenvalue weighted by Gasteiger charge is 2.32. The van der Waals surface area contributed by atoms with Gasteiger partial charge in [-0.2, -0.15) is 0 Å². The zero-order valence-corrected chi connectivity index (χ0v) is 33.8. The minimum absolute atomic E-state index is 0.611. The molecule has 6 aromatic carbocycles. The molecule has 0 aromatic heterocycles. The Hall–Kier alpha value is -5.02. The van der Waals surface area contributed by atoms with Crippen LogP contribution in [-0.2, 0) is 12.8 Å². The maximum absolute atomic E-state index is 6.82. The van der Waals surface area contributed by atoms with E-state index in [9.17, 15) is 0 Å². The Balaban J connectivity index is 1.18. The highest BCUT2D eigenvalue weighted by molar-refractivity contribution is 7.43. The van der Waals surface area contributed by atoms with Crippen LogP contribution < -0.4 is 27.1 Å². The third kappa shape index (κ3) is 6.79.